The quantitative estimate of drug-likeness (QED) is 0.697. The third-order valence-electron chi connectivity index (χ3n) is 3.03. The minimum Gasteiger partial charge on any atom is -0.468 e. The van der Waals surface area contributed by atoms with Gasteiger partial charge in [-0.1, -0.05) is 12.1 Å². The van der Waals surface area contributed by atoms with Gasteiger partial charge in [-0.2, -0.15) is 5.26 Å². The van der Waals surface area contributed by atoms with E-state index in [0.717, 1.165) is 19.6 Å². The fourth-order valence-electron chi connectivity index (χ4n) is 1.78. The second-order valence-corrected chi connectivity index (χ2v) is 4.86. The van der Waals surface area contributed by atoms with Crippen molar-refractivity contribution in [2.45, 2.75) is 6.54 Å². The number of ether oxygens (including phenoxy) is 1. The van der Waals surface area contributed by atoms with Gasteiger partial charge in [-0.05, 0) is 31.8 Å². The van der Waals surface area contributed by atoms with Gasteiger partial charge in [-0.25, -0.2) is 0 Å². The van der Waals surface area contributed by atoms with E-state index in [1.165, 1.54) is 12.7 Å². The molecule has 0 unspecified atom stereocenters. The summed E-state index contributed by atoms with van der Waals surface area (Å²) in [7, 11) is 5.32. The Morgan fingerprint density at radius 2 is 1.80 bits per heavy atom. The van der Waals surface area contributed by atoms with Crippen LogP contribution in [0.5, 0.6) is 0 Å². The van der Waals surface area contributed by atoms with Gasteiger partial charge >= 0.3 is 5.97 Å². The predicted molar refractivity (Wildman–Crippen MR) is 77.0 cm³/mol. The molecule has 0 aromatic heterocycles. The van der Waals surface area contributed by atoms with Crippen LogP contribution in [0.1, 0.15) is 11.1 Å². The second kappa shape index (κ2) is 8.31. The summed E-state index contributed by atoms with van der Waals surface area (Å²) in [6, 6.07) is 9.69. The molecule has 1 aromatic carbocycles. The fraction of sp³-hybridized carbons (Fsp3) is 0.467. The van der Waals surface area contributed by atoms with E-state index >= 15 is 0 Å². The van der Waals surface area contributed by atoms with Crippen molar-refractivity contribution in [3.8, 4) is 6.07 Å². The Balaban J connectivity index is 2.34. The third kappa shape index (κ3) is 5.83. The first kappa shape index (κ1) is 16.2. The molecule has 20 heavy (non-hydrogen) atoms. The number of nitriles is 1. The van der Waals surface area contributed by atoms with Crippen molar-refractivity contribution in [3.05, 3.63) is 35.4 Å². The Morgan fingerprint density at radius 3 is 2.35 bits per heavy atom. The highest BCUT2D eigenvalue weighted by Gasteiger charge is 2.07. The van der Waals surface area contributed by atoms with E-state index in [0.29, 0.717) is 12.1 Å². The van der Waals surface area contributed by atoms with Crippen molar-refractivity contribution in [1.29, 1.82) is 5.26 Å². The summed E-state index contributed by atoms with van der Waals surface area (Å²) in [5.74, 6) is -0.220. The van der Waals surface area contributed by atoms with Crippen LogP contribution in [0.25, 0.3) is 0 Å². The molecule has 0 bridgehead atoms. The number of rotatable bonds is 7. The van der Waals surface area contributed by atoms with Crippen LogP contribution in [-0.4, -0.2) is 56.6 Å². The lowest BCUT2D eigenvalue weighted by molar-refractivity contribution is -0.141. The van der Waals surface area contributed by atoms with Gasteiger partial charge in [0.1, 0.15) is 0 Å². The Kier molecular flexibility index (Phi) is 6.71. The monoisotopic (exact) mass is 275 g/mol. The molecule has 0 aliphatic carbocycles. The molecule has 0 fully saturated rings. The van der Waals surface area contributed by atoms with E-state index in [1.807, 2.05) is 43.3 Å². The van der Waals surface area contributed by atoms with E-state index in [2.05, 4.69) is 15.7 Å². The lowest BCUT2D eigenvalue weighted by Crippen LogP contribution is -2.34. The number of benzene rings is 1. The number of nitrogens with zero attached hydrogens (tertiary/aromatic N) is 3. The minimum absolute atomic E-state index is 0.220. The van der Waals surface area contributed by atoms with Crippen LogP contribution in [0.3, 0.4) is 0 Å². The summed E-state index contributed by atoms with van der Waals surface area (Å²) in [5, 5.41) is 8.74. The summed E-state index contributed by atoms with van der Waals surface area (Å²) < 4.78 is 4.62. The molecule has 5 heteroatoms. The number of carbonyl (C=O) groups excluding carboxylic acids is 1. The zero-order valence-electron chi connectivity index (χ0n) is 12.3. The molecule has 0 amide bonds. The normalized spacial score (nSPS) is 10.6. The average molecular weight is 275 g/mol. The summed E-state index contributed by atoms with van der Waals surface area (Å²) >= 11 is 0. The molecule has 0 radical (unpaired) electrons. The molecule has 0 aliphatic rings. The molecule has 0 N–H and O–H groups in total. The molecule has 1 rings (SSSR count). The van der Waals surface area contributed by atoms with E-state index < -0.39 is 0 Å². The molecule has 0 heterocycles. The van der Waals surface area contributed by atoms with Crippen molar-refractivity contribution in [1.82, 2.24) is 9.80 Å². The van der Waals surface area contributed by atoms with Gasteiger partial charge in [-0.3, -0.25) is 9.69 Å². The molecule has 5 nitrogen and oxygen atoms in total. The van der Waals surface area contributed by atoms with Crippen molar-refractivity contribution < 1.29 is 9.53 Å². The number of esters is 1. The van der Waals surface area contributed by atoms with Gasteiger partial charge in [0.15, 0.2) is 0 Å². The largest absolute Gasteiger partial charge is 0.468 e. The topological polar surface area (TPSA) is 56.6 Å². The van der Waals surface area contributed by atoms with Crippen LogP contribution >= 0.6 is 0 Å². The van der Waals surface area contributed by atoms with Crippen molar-refractivity contribution in [2.24, 2.45) is 0 Å². The number of hydrogen-bond donors (Lipinski definition) is 0. The van der Waals surface area contributed by atoms with Crippen molar-refractivity contribution in [3.63, 3.8) is 0 Å². The van der Waals surface area contributed by atoms with Gasteiger partial charge in [0.05, 0.1) is 25.3 Å². The Morgan fingerprint density at radius 1 is 1.20 bits per heavy atom. The Hall–Kier alpha value is -1.90. The average Bonchev–Trinajstić information content (AvgIpc) is 2.45. The highest BCUT2D eigenvalue weighted by atomic mass is 16.5. The number of methoxy groups -OCH3 is 1. The number of hydrogen-bond acceptors (Lipinski definition) is 5. The highest BCUT2D eigenvalue weighted by Crippen LogP contribution is 2.05. The molecule has 108 valence electrons. The van der Waals surface area contributed by atoms with E-state index in [4.69, 9.17) is 5.26 Å². The first-order chi connectivity index (χ1) is 9.55. The van der Waals surface area contributed by atoms with E-state index in [1.54, 1.807) is 0 Å². The molecule has 0 saturated heterocycles. The molecular formula is C15H21N3O2. The lowest BCUT2D eigenvalue weighted by atomic mass is 10.1. The van der Waals surface area contributed by atoms with Crippen molar-refractivity contribution in [2.75, 3.05) is 40.8 Å². The smallest absolute Gasteiger partial charge is 0.319 e. The standard InChI is InChI=1S/C15H21N3O2/c1-17(8-9-18(2)12-15(19)20-3)11-14-6-4-13(10-16)5-7-14/h4-7H,8-9,11-12H2,1-3H3. The van der Waals surface area contributed by atoms with Crippen LogP contribution in [0.15, 0.2) is 24.3 Å². The maximum Gasteiger partial charge on any atom is 0.319 e. The maximum absolute atomic E-state index is 11.1. The van der Waals surface area contributed by atoms with Gasteiger partial charge in [0, 0.05) is 19.6 Å². The zero-order chi connectivity index (χ0) is 15.0. The van der Waals surface area contributed by atoms with Crippen molar-refractivity contribution >= 4 is 5.97 Å². The number of likely N-dealkylation sites (N-methyl/N-ethyl adjacent to an activating group) is 2. The first-order valence-electron chi connectivity index (χ1n) is 6.48. The fourth-order valence-corrected chi connectivity index (χ4v) is 1.78. The second-order valence-electron chi connectivity index (χ2n) is 4.86. The predicted octanol–water partition coefficient (Wildman–Crippen LogP) is 1.09. The van der Waals surface area contributed by atoms with Gasteiger partial charge < -0.3 is 9.64 Å². The van der Waals surface area contributed by atoms with Crippen LogP contribution in [-0.2, 0) is 16.1 Å². The highest BCUT2D eigenvalue weighted by molar-refractivity contribution is 5.71. The SMILES string of the molecule is COC(=O)CN(C)CCN(C)Cc1ccc(C#N)cc1. The van der Waals surface area contributed by atoms with Crippen LogP contribution in [0, 0.1) is 11.3 Å². The summed E-state index contributed by atoms with van der Waals surface area (Å²) in [6.07, 6.45) is 0. The van der Waals surface area contributed by atoms with E-state index in [-0.39, 0.29) is 5.97 Å². The molecule has 0 aliphatic heterocycles. The Labute approximate surface area is 120 Å². The molecule has 1 aromatic rings. The summed E-state index contributed by atoms with van der Waals surface area (Å²) in [4.78, 5) is 15.2. The van der Waals surface area contributed by atoms with Gasteiger partial charge in [0.25, 0.3) is 0 Å². The molecule has 0 spiro atoms. The van der Waals surface area contributed by atoms with Crippen LogP contribution < -0.4 is 0 Å². The summed E-state index contributed by atoms with van der Waals surface area (Å²) in [5.41, 5.74) is 1.84. The molecule has 0 atom stereocenters. The van der Waals surface area contributed by atoms with Crippen LogP contribution in [0.2, 0.25) is 0 Å². The van der Waals surface area contributed by atoms with Gasteiger partial charge in [-0.15, -0.1) is 0 Å². The molecular weight excluding hydrogens is 254 g/mol. The number of carbonyl (C=O) groups is 1. The molecule has 0 saturated carbocycles. The van der Waals surface area contributed by atoms with E-state index in [9.17, 15) is 4.79 Å². The lowest BCUT2D eigenvalue weighted by Gasteiger charge is -2.21. The third-order valence-corrected chi connectivity index (χ3v) is 3.03. The van der Waals surface area contributed by atoms with Crippen LogP contribution in [0.4, 0.5) is 0 Å². The zero-order valence-corrected chi connectivity index (χ0v) is 12.3. The first-order valence-corrected chi connectivity index (χ1v) is 6.48. The minimum atomic E-state index is -0.220. The Bertz CT molecular complexity index is 465. The summed E-state index contributed by atoms with van der Waals surface area (Å²) in [6.45, 7) is 2.77. The maximum atomic E-state index is 11.1. The van der Waals surface area contributed by atoms with Gasteiger partial charge in [0.2, 0.25) is 0 Å².